The van der Waals surface area contributed by atoms with Crippen LogP contribution in [0.3, 0.4) is 0 Å². The van der Waals surface area contributed by atoms with E-state index in [1.54, 1.807) is 0 Å². The Morgan fingerprint density at radius 1 is 1.44 bits per heavy atom. The zero-order chi connectivity index (χ0) is 13.1. The highest BCUT2D eigenvalue weighted by molar-refractivity contribution is 7.15. The predicted molar refractivity (Wildman–Crippen MR) is 68.6 cm³/mol. The molecule has 1 heterocycles. The molecule has 0 saturated carbocycles. The van der Waals surface area contributed by atoms with Gasteiger partial charge in [0, 0.05) is 5.56 Å². The zero-order valence-electron chi connectivity index (χ0n) is 9.67. The van der Waals surface area contributed by atoms with Crippen LogP contribution in [0.15, 0.2) is 24.3 Å². The summed E-state index contributed by atoms with van der Waals surface area (Å²) in [6.45, 7) is 1.98. The van der Waals surface area contributed by atoms with Crippen LogP contribution in [0.4, 0.5) is 0 Å². The van der Waals surface area contributed by atoms with Crippen LogP contribution in [0.1, 0.15) is 20.9 Å². The van der Waals surface area contributed by atoms with Gasteiger partial charge in [0.2, 0.25) is 0 Å². The van der Waals surface area contributed by atoms with Gasteiger partial charge in [0.1, 0.15) is 5.01 Å². The number of rotatable bonds is 3. The minimum Gasteiger partial charge on any atom is -0.476 e. The minimum atomic E-state index is -1.09. The number of aromatic carboxylic acids is 1. The standard InChI is InChI=1S/C13H10N2O2S/c1-8-2-4-9(5-3-8)12-15-11(13(16)17)10(18-12)6-7-14/h2-5H,6H2,1H3,(H,16,17). The molecule has 0 aliphatic heterocycles. The van der Waals surface area contributed by atoms with Crippen LogP contribution in [-0.4, -0.2) is 16.1 Å². The third kappa shape index (κ3) is 2.39. The molecule has 0 radical (unpaired) electrons. The zero-order valence-corrected chi connectivity index (χ0v) is 10.5. The Kier molecular flexibility index (Phi) is 3.40. The Hall–Kier alpha value is -2.19. The predicted octanol–water partition coefficient (Wildman–Crippen LogP) is 2.88. The second kappa shape index (κ2) is 4.98. The summed E-state index contributed by atoms with van der Waals surface area (Å²) in [4.78, 5) is 15.6. The van der Waals surface area contributed by atoms with E-state index >= 15 is 0 Å². The number of nitrogens with zero attached hydrogens (tertiary/aromatic N) is 2. The number of benzene rings is 1. The highest BCUT2D eigenvalue weighted by Gasteiger charge is 2.17. The summed E-state index contributed by atoms with van der Waals surface area (Å²) in [5, 5.41) is 18.3. The molecular weight excluding hydrogens is 248 g/mol. The number of carboxylic acids is 1. The first-order valence-electron chi connectivity index (χ1n) is 5.29. The van der Waals surface area contributed by atoms with Gasteiger partial charge in [-0.2, -0.15) is 5.26 Å². The number of nitriles is 1. The van der Waals surface area contributed by atoms with Gasteiger partial charge in [-0.05, 0) is 6.92 Å². The van der Waals surface area contributed by atoms with Crippen LogP contribution < -0.4 is 0 Å². The smallest absolute Gasteiger partial charge is 0.355 e. The van der Waals surface area contributed by atoms with Gasteiger partial charge >= 0.3 is 5.97 Å². The van der Waals surface area contributed by atoms with Crippen molar-refractivity contribution in [3.63, 3.8) is 0 Å². The molecule has 5 heteroatoms. The van der Waals surface area contributed by atoms with Crippen molar-refractivity contribution in [3.05, 3.63) is 40.4 Å². The molecule has 2 aromatic rings. The third-order valence-electron chi connectivity index (χ3n) is 2.44. The van der Waals surface area contributed by atoms with Gasteiger partial charge < -0.3 is 5.11 Å². The molecule has 0 unspecified atom stereocenters. The average Bonchev–Trinajstić information content (AvgIpc) is 2.75. The highest BCUT2D eigenvalue weighted by atomic mass is 32.1. The first kappa shape index (κ1) is 12.3. The molecule has 0 spiro atoms. The molecule has 0 atom stereocenters. The Morgan fingerprint density at radius 3 is 2.67 bits per heavy atom. The molecule has 0 aliphatic carbocycles. The third-order valence-corrected chi connectivity index (χ3v) is 3.54. The highest BCUT2D eigenvalue weighted by Crippen LogP contribution is 2.28. The van der Waals surface area contributed by atoms with Gasteiger partial charge in [-0.1, -0.05) is 29.8 Å². The fraction of sp³-hybridized carbons (Fsp3) is 0.154. The normalized spacial score (nSPS) is 10.0. The molecule has 2 rings (SSSR count). The van der Waals surface area contributed by atoms with Gasteiger partial charge in [0.25, 0.3) is 0 Å². The molecule has 0 bridgehead atoms. The molecule has 1 aromatic carbocycles. The molecule has 1 N–H and O–H groups in total. The Bertz CT molecular complexity index is 623. The minimum absolute atomic E-state index is 0.0166. The fourth-order valence-corrected chi connectivity index (χ4v) is 2.52. The van der Waals surface area contributed by atoms with E-state index in [2.05, 4.69) is 4.98 Å². The van der Waals surface area contributed by atoms with Gasteiger partial charge in [-0.3, -0.25) is 0 Å². The topological polar surface area (TPSA) is 74.0 Å². The number of hydrogen-bond donors (Lipinski definition) is 1. The molecule has 18 heavy (non-hydrogen) atoms. The summed E-state index contributed by atoms with van der Waals surface area (Å²) in [6.07, 6.45) is 0.0746. The monoisotopic (exact) mass is 258 g/mol. The van der Waals surface area contributed by atoms with E-state index in [9.17, 15) is 4.79 Å². The molecule has 90 valence electrons. The van der Waals surface area contributed by atoms with Crippen LogP contribution >= 0.6 is 11.3 Å². The Balaban J connectivity index is 2.46. The number of hydrogen-bond acceptors (Lipinski definition) is 4. The summed E-state index contributed by atoms with van der Waals surface area (Å²) in [5.74, 6) is -1.09. The number of carboxylic acid groups (broad SMARTS) is 1. The van der Waals surface area contributed by atoms with Crippen molar-refractivity contribution in [2.75, 3.05) is 0 Å². The van der Waals surface area contributed by atoms with Crippen molar-refractivity contribution in [3.8, 4) is 16.6 Å². The van der Waals surface area contributed by atoms with Gasteiger partial charge in [-0.25, -0.2) is 9.78 Å². The lowest BCUT2D eigenvalue weighted by Gasteiger charge is -1.96. The van der Waals surface area contributed by atoms with Gasteiger partial charge in [0.15, 0.2) is 5.69 Å². The van der Waals surface area contributed by atoms with Crippen LogP contribution in [0.25, 0.3) is 10.6 Å². The maximum absolute atomic E-state index is 11.0. The first-order valence-corrected chi connectivity index (χ1v) is 6.10. The van der Waals surface area contributed by atoms with E-state index in [-0.39, 0.29) is 12.1 Å². The molecule has 0 amide bonds. The second-order valence-electron chi connectivity index (χ2n) is 3.80. The summed E-state index contributed by atoms with van der Waals surface area (Å²) in [5.41, 5.74) is 1.99. The Morgan fingerprint density at radius 2 is 2.11 bits per heavy atom. The molecular formula is C13H10N2O2S. The van der Waals surface area contributed by atoms with Crippen molar-refractivity contribution in [2.24, 2.45) is 0 Å². The van der Waals surface area contributed by atoms with Crippen LogP contribution in [0, 0.1) is 18.3 Å². The number of aryl methyl sites for hydroxylation is 1. The van der Waals surface area contributed by atoms with Gasteiger partial charge in [0.05, 0.1) is 17.4 Å². The molecule has 0 saturated heterocycles. The number of thiazole rings is 1. The van der Waals surface area contributed by atoms with Crippen molar-refractivity contribution in [2.45, 2.75) is 13.3 Å². The van der Waals surface area contributed by atoms with Crippen molar-refractivity contribution >= 4 is 17.3 Å². The fourth-order valence-electron chi connectivity index (χ4n) is 1.53. The lowest BCUT2D eigenvalue weighted by atomic mass is 10.2. The summed E-state index contributed by atoms with van der Waals surface area (Å²) in [6, 6.07) is 9.65. The van der Waals surface area contributed by atoms with Crippen molar-refractivity contribution in [1.82, 2.24) is 4.98 Å². The Labute approximate surface area is 108 Å². The van der Waals surface area contributed by atoms with Crippen molar-refractivity contribution in [1.29, 1.82) is 5.26 Å². The maximum Gasteiger partial charge on any atom is 0.355 e. The van der Waals surface area contributed by atoms with Crippen molar-refractivity contribution < 1.29 is 9.90 Å². The van der Waals surface area contributed by atoms with E-state index < -0.39 is 5.97 Å². The number of aromatic nitrogens is 1. The van der Waals surface area contributed by atoms with Crippen LogP contribution in [-0.2, 0) is 6.42 Å². The summed E-state index contributed by atoms with van der Waals surface area (Å²) in [7, 11) is 0. The summed E-state index contributed by atoms with van der Waals surface area (Å²) >= 11 is 1.26. The van der Waals surface area contributed by atoms with Crippen LogP contribution in [0.2, 0.25) is 0 Å². The molecule has 4 nitrogen and oxygen atoms in total. The first-order chi connectivity index (χ1) is 8.61. The average molecular weight is 258 g/mol. The van der Waals surface area contributed by atoms with E-state index in [0.29, 0.717) is 9.88 Å². The van der Waals surface area contributed by atoms with Crippen LogP contribution in [0.5, 0.6) is 0 Å². The van der Waals surface area contributed by atoms with E-state index in [1.165, 1.54) is 11.3 Å². The van der Waals surface area contributed by atoms with E-state index in [0.717, 1.165) is 11.1 Å². The maximum atomic E-state index is 11.0. The second-order valence-corrected chi connectivity index (χ2v) is 4.88. The van der Waals surface area contributed by atoms with Gasteiger partial charge in [-0.15, -0.1) is 11.3 Å². The lowest BCUT2D eigenvalue weighted by Crippen LogP contribution is -2.00. The summed E-state index contributed by atoms with van der Waals surface area (Å²) < 4.78 is 0. The van der Waals surface area contributed by atoms with E-state index in [1.807, 2.05) is 37.3 Å². The lowest BCUT2D eigenvalue weighted by molar-refractivity contribution is 0.0690. The largest absolute Gasteiger partial charge is 0.476 e. The quantitative estimate of drug-likeness (QED) is 0.918. The SMILES string of the molecule is Cc1ccc(-c2nc(C(=O)O)c(CC#N)s2)cc1. The molecule has 0 aliphatic rings. The molecule has 1 aromatic heterocycles. The number of carbonyl (C=O) groups is 1. The van der Waals surface area contributed by atoms with E-state index in [4.69, 9.17) is 10.4 Å². The molecule has 0 fully saturated rings.